The molecule has 0 radical (unpaired) electrons. The summed E-state index contributed by atoms with van der Waals surface area (Å²) in [6.07, 6.45) is -0.412. The van der Waals surface area contributed by atoms with E-state index in [4.69, 9.17) is 0 Å². The zero-order valence-electron chi connectivity index (χ0n) is 11.7. The van der Waals surface area contributed by atoms with E-state index in [2.05, 4.69) is 6.92 Å². The van der Waals surface area contributed by atoms with Crippen LogP contribution in [0.1, 0.15) is 52.4 Å². The number of halogens is 3. The first-order valence-corrected chi connectivity index (χ1v) is 6.45. The summed E-state index contributed by atoms with van der Waals surface area (Å²) in [4.78, 5) is 12.8. The van der Waals surface area contributed by atoms with Crippen molar-refractivity contribution in [3.05, 3.63) is 0 Å². The third kappa shape index (κ3) is 4.50. The van der Waals surface area contributed by atoms with Crippen molar-refractivity contribution in [1.29, 1.82) is 0 Å². The van der Waals surface area contributed by atoms with E-state index in [1.807, 2.05) is 0 Å². The summed E-state index contributed by atoms with van der Waals surface area (Å²) >= 11 is 0. The van der Waals surface area contributed by atoms with Crippen LogP contribution in [-0.4, -0.2) is 31.1 Å². The first-order valence-electron chi connectivity index (χ1n) is 6.45. The Kier molecular flexibility index (Phi) is 6.71. The first-order chi connectivity index (χ1) is 8.16. The van der Waals surface area contributed by atoms with Crippen LogP contribution in [0.15, 0.2) is 0 Å². The van der Waals surface area contributed by atoms with Gasteiger partial charge in [0.15, 0.2) is 0 Å². The van der Waals surface area contributed by atoms with Crippen molar-refractivity contribution < 1.29 is 18.0 Å². The summed E-state index contributed by atoms with van der Waals surface area (Å²) < 4.78 is 39.1. The van der Waals surface area contributed by atoms with E-state index in [0.29, 0.717) is 6.42 Å². The number of hydrogen-bond donors (Lipinski definition) is 0. The van der Waals surface area contributed by atoms with Crippen LogP contribution in [0.25, 0.3) is 0 Å². The molecule has 0 heterocycles. The Labute approximate surface area is 108 Å². The number of carbonyl (C=O) groups excluding carboxylic acids is 1. The molecular weight excluding hydrogens is 243 g/mol. The standard InChI is InChI=1S/C13H24F3NO/c1-5-6-7-8-9-10-12(2,13(14,15)16)11(18)17(3)4/h5-10H2,1-4H3. The second-order valence-electron chi connectivity index (χ2n) is 5.19. The lowest BCUT2D eigenvalue weighted by Crippen LogP contribution is -2.48. The predicted molar refractivity (Wildman–Crippen MR) is 66.2 cm³/mol. The predicted octanol–water partition coefficient (Wildman–Crippen LogP) is 4.00. The normalized spacial score (nSPS) is 15.3. The molecule has 0 saturated heterocycles. The highest BCUT2D eigenvalue weighted by molar-refractivity contribution is 5.82. The van der Waals surface area contributed by atoms with Crippen LogP contribution < -0.4 is 0 Å². The molecule has 0 aromatic carbocycles. The van der Waals surface area contributed by atoms with Crippen LogP contribution in [-0.2, 0) is 4.79 Å². The van der Waals surface area contributed by atoms with Gasteiger partial charge in [0.05, 0.1) is 0 Å². The van der Waals surface area contributed by atoms with E-state index < -0.39 is 17.5 Å². The Morgan fingerprint density at radius 2 is 1.56 bits per heavy atom. The number of unbranched alkanes of at least 4 members (excludes halogenated alkanes) is 4. The molecule has 2 nitrogen and oxygen atoms in total. The molecule has 0 aliphatic heterocycles. The molecule has 0 aliphatic carbocycles. The van der Waals surface area contributed by atoms with Crippen molar-refractivity contribution in [2.75, 3.05) is 14.1 Å². The average molecular weight is 267 g/mol. The molecule has 0 spiro atoms. The summed E-state index contributed by atoms with van der Waals surface area (Å²) in [5.41, 5.74) is -2.25. The maximum absolute atomic E-state index is 13.0. The number of hydrogen-bond acceptors (Lipinski definition) is 1. The summed E-state index contributed by atoms with van der Waals surface area (Å²) in [5, 5.41) is 0. The minimum absolute atomic E-state index is 0.128. The number of carbonyl (C=O) groups is 1. The van der Waals surface area contributed by atoms with Crippen LogP contribution in [0.3, 0.4) is 0 Å². The van der Waals surface area contributed by atoms with Crippen molar-refractivity contribution in [3.8, 4) is 0 Å². The molecule has 0 rings (SSSR count). The van der Waals surface area contributed by atoms with Gasteiger partial charge in [-0.15, -0.1) is 0 Å². The summed E-state index contributed by atoms with van der Waals surface area (Å²) in [5.74, 6) is -0.856. The SMILES string of the molecule is CCCCCCCC(C)(C(=O)N(C)C)C(F)(F)F. The smallest absolute Gasteiger partial charge is 0.348 e. The highest BCUT2D eigenvalue weighted by Crippen LogP contribution is 2.43. The lowest BCUT2D eigenvalue weighted by Gasteiger charge is -2.33. The van der Waals surface area contributed by atoms with Gasteiger partial charge in [0.2, 0.25) is 5.91 Å². The fourth-order valence-electron chi connectivity index (χ4n) is 1.95. The molecule has 0 bridgehead atoms. The minimum Gasteiger partial charge on any atom is -0.348 e. The molecule has 0 N–H and O–H groups in total. The Hall–Kier alpha value is -0.740. The molecule has 18 heavy (non-hydrogen) atoms. The molecule has 0 saturated carbocycles. The Balaban J connectivity index is 4.56. The van der Waals surface area contributed by atoms with E-state index >= 15 is 0 Å². The quantitative estimate of drug-likeness (QED) is 0.638. The van der Waals surface area contributed by atoms with Gasteiger partial charge in [-0.2, -0.15) is 13.2 Å². The van der Waals surface area contributed by atoms with Gasteiger partial charge in [0.25, 0.3) is 0 Å². The van der Waals surface area contributed by atoms with Gasteiger partial charge >= 0.3 is 6.18 Å². The second-order valence-corrected chi connectivity index (χ2v) is 5.19. The number of nitrogens with zero attached hydrogens (tertiary/aromatic N) is 1. The highest BCUT2D eigenvalue weighted by atomic mass is 19.4. The van der Waals surface area contributed by atoms with Crippen molar-refractivity contribution in [2.24, 2.45) is 5.41 Å². The van der Waals surface area contributed by atoms with Gasteiger partial charge in [0.1, 0.15) is 5.41 Å². The zero-order valence-corrected chi connectivity index (χ0v) is 11.7. The number of rotatable bonds is 7. The average Bonchev–Trinajstić information content (AvgIpc) is 2.25. The van der Waals surface area contributed by atoms with Crippen LogP contribution >= 0.6 is 0 Å². The molecule has 108 valence electrons. The van der Waals surface area contributed by atoms with E-state index in [9.17, 15) is 18.0 Å². The lowest BCUT2D eigenvalue weighted by atomic mass is 9.82. The monoisotopic (exact) mass is 267 g/mol. The molecule has 0 aliphatic rings. The Bertz CT molecular complexity index is 263. The van der Waals surface area contributed by atoms with Gasteiger partial charge in [-0.25, -0.2) is 0 Å². The molecule has 0 fully saturated rings. The van der Waals surface area contributed by atoms with Crippen LogP contribution in [0.2, 0.25) is 0 Å². The highest BCUT2D eigenvalue weighted by Gasteiger charge is 2.56. The van der Waals surface area contributed by atoms with Crippen molar-refractivity contribution in [3.63, 3.8) is 0 Å². The maximum atomic E-state index is 13.0. The fraction of sp³-hybridized carbons (Fsp3) is 0.923. The largest absolute Gasteiger partial charge is 0.402 e. The second kappa shape index (κ2) is 7.00. The van der Waals surface area contributed by atoms with Crippen LogP contribution in [0.4, 0.5) is 13.2 Å². The number of amides is 1. The lowest BCUT2D eigenvalue weighted by molar-refractivity contribution is -0.223. The molecule has 1 atom stereocenters. The summed E-state index contributed by atoms with van der Waals surface area (Å²) in [6.45, 7) is 3.06. The third-order valence-electron chi connectivity index (χ3n) is 3.28. The molecule has 0 aromatic rings. The molecule has 1 unspecified atom stereocenters. The summed E-state index contributed by atoms with van der Waals surface area (Å²) in [6, 6.07) is 0. The van der Waals surface area contributed by atoms with E-state index in [1.54, 1.807) is 0 Å². The maximum Gasteiger partial charge on any atom is 0.402 e. The van der Waals surface area contributed by atoms with E-state index in [0.717, 1.165) is 37.5 Å². The fourth-order valence-corrected chi connectivity index (χ4v) is 1.95. The van der Waals surface area contributed by atoms with Crippen molar-refractivity contribution >= 4 is 5.91 Å². The van der Waals surface area contributed by atoms with E-state index in [-0.39, 0.29) is 6.42 Å². The topological polar surface area (TPSA) is 20.3 Å². The molecule has 1 amide bonds. The molecule has 5 heteroatoms. The Morgan fingerprint density at radius 3 is 1.94 bits per heavy atom. The van der Waals surface area contributed by atoms with Gasteiger partial charge in [-0.3, -0.25) is 4.79 Å². The zero-order chi connectivity index (χ0) is 14.4. The summed E-state index contributed by atoms with van der Waals surface area (Å²) in [7, 11) is 2.73. The van der Waals surface area contributed by atoms with Gasteiger partial charge < -0.3 is 4.90 Å². The first kappa shape index (κ1) is 17.3. The number of alkyl halides is 3. The third-order valence-corrected chi connectivity index (χ3v) is 3.28. The van der Waals surface area contributed by atoms with Crippen molar-refractivity contribution in [1.82, 2.24) is 4.90 Å². The van der Waals surface area contributed by atoms with Crippen molar-refractivity contribution in [2.45, 2.75) is 58.5 Å². The van der Waals surface area contributed by atoms with Crippen LogP contribution in [0.5, 0.6) is 0 Å². The minimum atomic E-state index is -4.49. The Morgan fingerprint density at radius 1 is 1.06 bits per heavy atom. The molecular formula is C13H24F3NO. The van der Waals surface area contributed by atoms with Crippen LogP contribution in [0, 0.1) is 5.41 Å². The molecule has 0 aromatic heterocycles. The van der Waals surface area contributed by atoms with Gasteiger partial charge in [0, 0.05) is 14.1 Å². The van der Waals surface area contributed by atoms with Gasteiger partial charge in [-0.1, -0.05) is 39.0 Å². The van der Waals surface area contributed by atoms with E-state index in [1.165, 1.54) is 14.1 Å². The van der Waals surface area contributed by atoms with Gasteiger partial charge in [-0.05, 0) is 13.3 Å².